The maximum atomic E-state index is 14.1. The Morgan fingerprint density at radius 1 is 1.11 bits per heavy atom. The molecule has 1 aromatic carbocycles. The quantitative estimate of drug-likeness (QED) is 0.317. The van der Waals surface area contributed by atoms with Crippen molar-refractivity contribution < 1.29 is 45.8 Å². The molecule has 5 rings (SSSR count). The largest absolute Gasteiger partial charge is 0.444 e. The summed E-state index contributed by atoms with van der Waals surface area (Å²) in [6.45, 7) is 4.70. The van der Waals surface area contributed by atoms with Crippen molar-refractivity contribution in [2.75, 3.05) is 31.5 Å². The van der Waals surface area contributed by atoms with E-state index in [-0.39, 0.29) is 47.1 Å². The van der Waals surface area contributed by atoms with E-state index in [0.717, 1.165) is 4.90 Å². The second-order valence-corrected chi connectivity index (χ2v) is 12.3. The normalized spacial score (nSPS) is 21.3. The number of halogens is 6. The molecule has 244 valence electrons. The second kappa shape index (κ2) is 11.4. The number of rotatable bonds is 4. The van der Waals surface area contributed by atoms with Crippen LogP contribution in [0, 0.1) is 0 Å². The molecule has 16 heteroatoms. The number of amides is 2. The van der Waals surface area contributed by atoms with Gasteiger partial charge in [-0.05, 0) is 45.7 Å². The fourth-order valence-electron chi connectivity index (χ4n) is 5.47. The van der Waals surface area contributed by atoms with Crippen molar-refractivity contribution in [3.05, 3.63) is 41.7 Å². The van der Waals surface area contributed by atoms with Gasteiger partial charge in [-0.2, -0.15) is 26.3 Å². The lowest BCUT2D eigenvalue weighted by molar-refractivity contribution is -0.253. The molecule has 2 atom stereocenters. The molecule has 2 amide bonds. The Balaban J connectivity index is 1.40. The van der Waals surface area contributed by atoms with Crippen molar-refractivity contribution in [1.29, 1.82) is 0 Å². The average Bonchev–Trinajstić information content (AvgIpc) is 3.55. The summed E-state index contributed by atoms with van der Waals surface area (Å²) in [7, 11) is 0. The first-order valence-electron chi connectivity index (χ1n) is 14.2. The van der Waals surface area contributed by atoms with Crippen LogP contribution in [0.15, 0.2) is 30.6 Å². The highest BCUT2D eigenvalue weighted by Gasteiger charge is 2.57. The van der Waals surface area contributed by atoms with E-state index >= 15 is 0 Å². The third kappa shape index (κ3) is 6.79. The van der Waals surface area contributed by atoms with E-state index in [2.05, 4.69) is 20.3 Å². The van der Waals surface area contributed by atoms with E-state index in [1.54, 1.807) is 20.8 Å². The van der Waals surface area contributed by atoms with E-state index in [4.69, 9.17) is 4.74 Å². The molecule has 2 aliphatic heterocycles. The van der Waals surface area contributed by atoms with Crippen molar-refractivity contribution >= 4 is 28.9 Å². The molecule has 2 saturated heterocycles. The lowest BCUT2D eigenvalue weighted by Gasteiger charge is -2.34. The standard InChI is InChI=1S/C29H32F6N6O4/c1-26(2,3)45-25(43)40-9-4-5-17(14-40)38-24-37-13-20(28(30,31)32)22(39-24)19-12-36-21-11-16(6-7-18(19)21)23(42)41-10-8-27(44,15-41)29(33,34)35/h6-7,11-13,17,36,44H,4-5,8-10,14-15H2,1-3H3,(H,37,38,39)/t17-,27+/m0/s1. The Bertz CT molecular complexity index is 1600. The monoisotopic (exact) mass is 642 g/mol. The molecule has 10 nitrogen and oxygen atoms in total. The lowest BCUT2D eigenvalue weighted by atomic mass is 10.0. The van der Waals surface area contributed by atoms with Crippen LogP contribution < -0.4 is 5.32 Å². The molecule has 3 aromatic rings. The van der Waals surface area contributed by atoms with E-state index in [0.29, 0.717) is 25.6 Å². The number of likely N-dealkylation sites (tertiary alicyclic amines) is 2. The van der Waals surface area contributed by atoms with Gasteiger partial charge in [-0.15, -0.1) is 0 Å². The maximum Gasteiger partial charge on any atom is 0.419 e. The fraction of sp³-hybridized carbons (Fsp3) is 0.517. The minimum atomic E-state index is -4.91. The first-order valence-corrected chi connectivity index (χ1v) is 14.2. The number of aromatic amines is 1. The number of ether oxygens (including phenoxy) is 1. The van der Waals surface area contributed by atoms with Crippen LogP contribution in [0.5, 0.6) is 0 Å². The number of carbonyl (C=O) groups excluding carboxylic acids is 2. The fourth-order valence-corrected chi connectivity index (χ4v) is 5.47. The predicted octanol–water partition coefficient (Wildman–Crippen LogP) is 5.59. The van der Waals surface area contributed by atoms with Crippen molar-refractivity contribution in [3.8, 4) is 11.3 Å². The predicted molar refractivity (Wildman–Crippen MR) is 150 cm³/mol. The van der Waals surface area contributed by atoms with Crippen LogP contribution in [0.2, 0.25) is 0 Å². The second-order valence-electron chi connectivity index (χ2n) is 12.3. The van der Waals surface area contributed by atoms with Crippen LogP contribution in [0.4, 0.5) is 37.1 Å². The highest BCUT2D eigenvalue weighted by molar-refractivity contribution is 6.02. The number of carbonyl (C=O) groups is 2. The Kier molecular flexibility index (Phi) is 8.17. The summed E-state index contributed by atoms with van der Waals surface area (Å²) in [5.41, 5.74) is -4.92. The topological polar surface area (TPSA) is 124 Å². The number of H-pyrrole nitrogens is 1. The third-order valence-corrected chi connectivity index (χ3v) is 7.75. The minimum Gasteiger partial charge on any atom is -0.444 e. The van der Waals surface area contributed by atoms with Crippen molar-refractivity contribution in [1.82, 2.24) is 24.8 Å². The first kappa shape index (κ1) is 32.3. The molecular formula is C29H32F6N6O4. The van der Waals surface area contributed by atoms with Gasteiger partial charge in [-0.3, -0.25) is 4.79 Å². The van der Waals surface area contributed by atoms with Gasteiger partial charge >= 0.3 is 18.4 Å². The van der Waals surface area contributed by atoms with Crippen molar-refractivity contribution in [2.45, 2.75) is 69.6 Å². The average molecular weight is 643 g/mol. The van der Waals surface area contributed by atoms with Gasteiger partial charge < -0.3 is 29.9 Å². The van der Waals surface area contributed by atoms with Crippen LogP contribution in [-0.2, 0) is 10.9 Å². The van der Waals surface area contributed by atoms with E-state index in [1.165, 1.54) is 29.3 Å². The minimum absolute atomic E-state index is 0.00440. The number of fused-ring (bicyclic) bond motifs is 1. The Morgan fingerprint density at radius 3 is 2.49 bits per heavy atom. The summed E-state index contributed by atoms with van der Waals surface area (Å²) in [6, 6.07) is 3.66. The summed E-state index contributed by atoms with van der Waals surface area (Å²) in [5.74, 6) is -0.841. The number of hydrogen-bond donors (Lipinski definition) is 3. The van der Waals surface area contributed by atoms with Gasteiger partial charge in [0.15, 0.2) is 5.60 Å². The summed E-state index contributed by atoms with van der Waals surface area (Å²) in [5, 5.41) is 13.2. The van der Waals surface area contributed by atoms with E-state index in [9.17, 15) is 41.0 Å². The molecule has 45 heavy (non-hydrogen) atoms. The van der Waals surface area contributed by atoms with Crippen LogP contribution in [0.1, 0.15) is 56.0 Å². The van der Waals surface area contributed by atoms with Gasteiger partial charge in [-0.25, -0.2) is 14.8 Å². The highest BCUT2D eigenvalue weighted by atomic mass is 19.4. The zero-order chi connectivity index (χ0) is 32.9. The molecule has 4 heterocycles. The number of aliphatic hydroxyl groups is 1. The molecule has 2 fully saturated rings. The number of nitrogens with one attached hydrogen (secondary N) is 2. The number of aromatic nitrogens is 3. The third-order valence-electron chi connectivity index (χ3n) is 7.75. The van der Waals surface area contributed by atoms with Gasteiger partial charge in [-0.1, -0.05) is 6.07 Å². The smallest absolute Gasteiger partial charge is 0.419 e. The molecule has 0 spiro atoms. The van der Waals surface area contributed by atoms with Gasteiger partial charge in [0.05, 0.1) is 12.2 Å². The summed E-state index contributed by atoms with van der Waals surface area (Å²) < 4.78 is 87.3. The van der Waals surface area contributed by atoms with Crippen LogP contribution in [0.3, 0.4) is 0 Å². The zero-order valence-electron chi connectivity index (χ0n) is 24.6. The number of β-amino-alcohol motifs (C(OH)–C–C–N with tert-alkyl or cyclic N) is 1. The molecule has 0 aliphatic carbocycles. The molecule has 0 saturated carbocycles. The Morgan fingerprint density at radius 2 is 1.84 bits per heavy atom. The number of nitrogens with zero attached hydrogens (tertiary/aromatic N) is 4. The molecular weight excluding hydrogens is 610 g/mol. The first-order chi connectivity index (χ1) is 20.8. The zero-order valence-corrected chi connectivity index (χ0v) is 24.6. The summed E-state index contributed by atoms with van der Waals surface area (Å²) >= 11 is 0. The number of anilines is 1. The van der Waals surface area contributed by atoms with Gasteiger partial charge in [0.1, 0.15) is 11.2 Å². The maximum absolute atomic E-state index is 14.1. The molecule has 2 aliphatic rings. The van der Waals surface area contributed by atoms with Crippen LogP contribution >= 0.6 is 0 Å². The molecule has 2 aromatic heterocycles. The van der Waals surface area contributed by atoms with Gasteiger partial charge in [0.25, 0.3) is 5.91 Å². The summed E-state index contributed by atoms with van der Waals surface area (Å²) in [6.07, 6.45) is -7.68. The molecule has 0 unspecified atom stereocenters. The number of benzene rings is 1. The van der Waals surface area contributed by atoms with Crippen molar-refractivity contribution in [2.24, 2.45) is 0 Å². The number of piperidine rings is 1. The Hall–Kier alpha value is -4.08. The molecule has 0 bridgehead atoms. The highest BCUT2D eigenvalue weighted by Crippen LogP contribution is 2.40. The number of alkyl halides is 6. The Labute approximate surface area is 253 Å². The SMILES string of the molecule is CC(C)(C)OC(=O)N1CCC[C@H](Nc2ncc(C(F)(F)F)c(-c3c[nH]c4cc(C(=O)N5CC[C@](O)(C(F)(F)F)C5)ccc34)n2)C1. The van der Waals surface area contributed by atoms with Crippen molar-refractivity contribution in [3.63, 3.8) is 0 Å². The lowest BCUT2D eigenvalue weighted by Crippen LogP contribution is -2.48. The van der Waals surface area contributed by atoms with Crippen LogP contribution in [0.25, 0.3) is 22.2 Å². The van der Waals surface area contributed by atoms with E-state index in [1.807, 2.05) is 0 Å². The number of hydrogen-bond acceptors (Lipinski definition) is 7. The molecule has 0 radical (unpaired) electrons. The van der Waals surface area contributed by atoms with Crippen LogP contribution in [-0.4, -0.2) is 91.5 Å². The van der Waals surface area contributed by atoms with E-state index < -0.39 is 59.8 Å². The van der Waals surface area contributed by atoms with Gasteiger partial charge in [0.2, 0.25) is 5.95 Å². The van der Waals surface area contributed by atoms with Gasteiger partial charge in [0, 0.05) is 66.5 Å². The molecule has 3 N–H and O–H groups in total. The summed E-state index contributed by atoms with van der Waals surface area (Å²) in [4.78, 5) is 38.8.